The van der Waals surface area contributed by atoms with Gasteiger partial charge in [-0.15, -0.1) is 0 Å². The average Bonchev–Trinajstić information content (AvgIpc) is 2.66. The third-order valence-electron chi connectivity index (χ3n) is 3.97. The molecular formula is C21H16Cl2N2O2. The molecule has 3 aromatic rings. The van der Waals surface area contributed by atoms with Crippen molar-refractivity contribution in [1.29, 1.82) is 0 Å². The number of carbonyl (C=O) groups excluding carboxylic acids is 2. The van der Waals surface area contributed by atoms with Crippen LogP contribution in [0.15, 0.2) is 66.7 Å². The second kappa shape index (κ2) is 8.25. The van der Waals surface area contributed by atoms with Crippen molar-refractivity contribution in [3.05, 3.63) is 93.5 Å². The number of halogens is 2. The van der Waals surface area contributed by atoms with Crippen LogP contribution in [0.1, 0.15) is 21.5 Å². The SMILES string of the molecule is Cc1cccc(Cl)c1NC(=O)Nc1ccc(Cl)cc1C(=O)c1ccccc1. The zero-order valence-electron chi connectivity index (χ0n) is 14.4. The van der Waals surface area contributed by atoms with E-state index in [9.17, 15) is 9.59 Å². The van der Waals surface area contributed by atoms with E-state index in [2.05, 4.69) is 10.6 Å². The first-order chi connectivity index (χ1) is 13.0. The van der Waals surface area contributed by atoms with E-state index in [1.165, 1.54) is 6.07 Å². The number of para-hydroxylation sites is 1. The van der Waals surface area contributed by atoms with E-state index in [-0.39, 0.29) is 5.78 Å². The minimum absolute atomic E-state index is 0.234. The van der Waals surface area contributed by atoms with Crippen LogP contribution in [0.3, 0.4) is 0 Å². The van der Waals surface area contributed by atoms with Gasteiger partial charge in [0.25, 0.3) is 0 Å². The van der Waals surface area contributed by atoms with Gasteiger partial charge in [-0.1, -0.05) is 65.7 Å². The van der Waals surface area contributed by atoms with Crippen LogP contribution in [0, 0.1) is 6.92 Å². The summed E-state index contributed by atoms with van der Waals surface area (Å²) in [5.41, 5.74) is 2.51. The number of anilines is 2. The van der Waals surface area contributed by atoms with Crippen molar-refractivity contribution in [2.24, 2.45) is 0 Å². The summed E-state index contributed by atoms with van der Waals surface area (Å²) >= 11 is 12.2. The number of hydrogen-bond donors (Lipinski definition) is 2. The number of nitrogens with one attached hydrogen (secondary N) is 2. The summed E-state index contributed by atoms with van der Waals surface area (Å²) in [6.07, 6.45) is 0. The smallest absolute Gasteiger partial charge is 0.307 e. The van der Waals surface area contributed by atoms with Gasteiger partial charge in [-0.3, -0.25) is 4.79 Å². The standard InChI is InChI=1S/C21H16Cl2N2O2/c1-13-6-5-9-17(23)19(13)25-21(27)24-18-11-10-15(22)12-16(18)20(26)14-7-3-2-4-8-14/h2-12H,1H3,(H2,24,25,27). The lowest BCUT2D eigenvalue weighted by Crippen LogP contribution is -2.22. The summed E-state index contributed by atoms with van der Waals surface area (Å²) in [7, 11) is 0. The van der Waals surface area contributed by atoms with Crippen molar-refractivity contribution in [1.82, 2.24) is 0 Å². The molecule has 6 heteroatoms. The van der Waals surface area contributed by atoms with Crippen LogP contribution >= 0.6 is 23.2 Å². The molecule has 0 saturated heterocycles. The van der Waals surface area contributed by atoms with Crippen molar-refractivity contribution in [2.75, 3.05) is 10.6 Å². The van der Waals surface area contributed by atoms with Crippen LogP contribution in [-0.2, 0) is 0 Å². The maximum atomic E-state index is 12.8. The maximum absolute atomic E-state index is 12.8. The first-order valence-corrected chi connectivity index (χ1v) is 8.93. The van der Waals surface area contributed by atoms with Crippen LogP contribution in [0.2, 0.25) is 10.0 Å². The van der Waals surface area contributed by atoms with E-state index >= 15 is 0 Å². The van der Waals surface area contributed by atoms with Gasteiger partial charge in [-0.2, -0.15) is 0 Å². The van der Waals surface area contributed by atoms with Gasteiger partial charge in [0.05, 0.1) is 16.4 Å². The highest BCUT2D eigenvalue weighted by Crippen LogP contribution is 2.27. The summed E-state index contributed by atoms with van der Waals surface area (Å²) in [4.78, 5) is 25.3. The molecule has 3 aromatic carbocycles. The molecule has 27 heavy (non-hydrogen) atoms. The lowest BCUT2D eigenvalue weighted by atomic mass is 10.0. The number of urea groups is 1. The van der Waals surface area contributed by atoms with Gasteiger partial charge in [0.1, 0.15) is 0 Å². The fourth-order valence-corrected chi connectivity index (χ4v) is 3.06. The number of benzene rings is 3. The molecule has 0 unspecified atom stereocenters. The quantitative estimate of drug-likeness (QED) is 0.515. The molecule has 0 aliphatic carbocycles. The summed E-state index contributed by atoms with van der Waals surface area (Å²) in [5, 5.41) is 6.26. The van der Waals surface area contributed by atoms with Gasteiger partial charge in [0.15, 0.2) is 5.78 Å². The minimum atomic E-state index is -0.504. The molecule has 0 spiro atoms. The van der Waals surface area contributed by atoms with Crippen LogP contribution in [0.25, 0.3) is 0 Å². The molecule has 2 N–H and O–H groups in total. The van der Waals surface area contributed by atoms with Crippen molar-refractivity contribution >= 4 is 46.4 Å². The molecule has 0 aliphatic heterocycles. The molecule has 0 radical (unpaired) electrons. The normalized spacial score (nSPS) is 10.3. The van der Waals surface area contributed by atoms with Crippen LogP contribution in [0.5, 0.6) is 0 Å². The lowest BCUT2D eigenvalue weighted by Gasteiger charge is -2.14. The third kappa shape index (κ3) is 4.48. The molecule has 0 aliphatic rings. The monoisotopic (exact) mass is 398 g/mol. The molecule has 2 amide bonds. The first kappa shape index (κ1) is 19.0. The fourth-order valence-electron chi connectivity index (χ4n) is 2.62. The average molecular weight is 399 g/mol. The van der Waals surface area contributed by atoms with Gasteiger partial charge in [-0.05, 0) is 36.8 Å². The van der Waals surface area contributed by atoms with E-state index in [4.69, 9.17) is 23.2 Å². The van der Waals surface area contributed by atoms with Crippen molar-refractivity contribution in [2.45, 2.75) is 6.92 Å². The molecule has 0 heterocycles. The van der Waals surface area contributed by atoms with E-state index in [1.807, 2.05) is 19.1 Å². The number of carbonyl (C=O) groups is 2. The van der Waals surface area contributed by atoms with Gasteiger partial charge in [0.2, 0.25) is 0 Å². The zero-order chi connectivity index (χ0) is 19.4. The zero-order valence-corrected chi connectivity index (χ0v) is 15.9. The predicted octanol–water partition coefficient (Wildman–Crippen LogP) is 6.18. The van der Waals surface area contributed by atoms with Crippen molar-refractivity contribution in [3.63, 3.8) is 0 Å². The second-order valence-electron chi connectivity index (χ2n) is 5.90. The van der Waals surface area contributed by atoms with Gasteiger partial charge in [0, 0.05) is 16.1 Å². The molecular weight excluding hydrogens is 383 g/mol. The van der Waals surface area contributed by atoms with E-state index in [0.29, 0.717) is 32.5 Å². The summed E-state index contributed by atoms with van der Waals surface area (Å²) in [6, 6.07) is 18.4. The Morgan fingerprint density at radius 1 is 0.852 bits per heavy atom. The summed E-state index contributed by atoms with van der Waals surface area (Å²) in [5.74, 6) is -0.234. The Morgan fingerprint density at radius 2 is 1.59 bits per heavy atom. The lowest BCUT2D eigenvalue weighted by molar-refractivity contribution is 0.103. The molecule has 0 fully saturated rings. The molecule has 0 bridgehead atoms. The molecule has 3 rings (SSSR count). The first-order valence-electron chi connectivity index (χ1n) is 8.18. The van der Waals surface area contributed by atoms with Gasteiger partial charge >= 0.3 is 6.03 Å². The van der Waals surface area contributed by atoms with E-state index < -0.39 is 6.03 Å². The van der Waals surface area contributed by atoms with Gasteiger partial charge < -0.3 is 10.6 Å². The number of ketones is 1. The topological polar surface area (TPSA) is 58.2 Å². The second-order valence-corrected chi connectivity index (χ2v) is 6.74. The number of rotatable bonds is 4. The predicted molar refractivity (Wildman–Crippen MR) is 110 cm³/mol. The Kier molecular flexibility index (Phi) is 5.79. The highest BCUT2D eigenvalue weighted by molar-refractivity contribution is 6.34. The molecule has 4 nitrogen and oxygen atoms in total. The van der Waals surface area contributed by atoms with Crippen LogP contribution in [0.4, 0.5) is 16.2 Å². The Hall–Kier alpha value is -2.82. The molecule has 0 saturated carbocycles. The minimum Gasteiger partial charge on any atom is -0.307 e. The Morgan fingerprint density at radius 3 is 2.30 bits per heavy atom. The van der Waals surface area contributed by atoms with Crippen molar-refractivity contribution in [3.8, 4) is 0 Å². The number of amides is 2. The Balaban J connectivity index is 1.87. The summed E-state index contributed by atoms with van der Waals surface area (Å²) in [6.45, 7) is 1.84. The largest absolute Gasteiger partial charge is 0.323 e. The highest BCUT2D eigenvalue weighted by atomic mass is 35.5. The molecule has 136 valence electrons. The highest BCUT2D eigenvalue weighted by Gasteiger charge is 2.17. The van der Waals surface area contributed by atoms with Crippen LogP contribution < -0.4 is 10.6 Å². The number of hydrogen-bond acceptors (Lipinski definition) is 2. The maximum Gasteiger partial charge on any atom is 0.323 e. The summed E-state index contributed by atoms with van der Waals surface area (Å²) < 4.78 is 0. The van der Waals surface area contributed by atoms with E-state index in [1.54, 1.807) is 48.5 Å². The third-order valence-corrected chi connectivity index (χ3v) is 4.52. The van der Waals surface area contributed by atoms with E-state index in [0.717, 1.165) is 5.56 Å². The Labute approximate surface area is 167 Å². The fraction of sp³-hybridized carbons (Fsp3) is 0.0476. The molecule has 0 aromatic heterocycles. The van der Waals surface area contributed by atoms with Gasteiger partial charge in [-0.25, -0.2) is 4.79 Å². The Bertz CT molecular complexity index is 984. The van der Waals surface area contributed by atoms with Crippen molar-refractivity contribution < 1.29 is 9.59 Å². The molecule has 0 atom stereocenters. The number of aryl methyl sites for hydroxylation is 1. The van der Waals surface area contributed by atoms with Crippen LogP contribution in [-0.4, -0.2) is 11.8 Å².